The number of aromatic nitrogens is 4. The van der Waals surface area contributed by atoms with Crippen LogP contribution in [0.1, 0.15) is 63.2 Å². The monoisotopic (exact) mass is 410 g/mol. The standard InChI is InChI=1S/C23H30N4O3/c1-8-27-21-17(12-25-27)19(16-9-15(4)10-24-11-16)20(22(28)30-23(5,6)7)18(26-21)13-29-14(2)3/h9-12,14H,8,13H2,1-7H3. The van der Waals surface area contributed by atoms with Gasteiger partial charge in [-0.15, -0.1) is 0 Å². The Bertz CT molecular complexity index is 1060. The fraction of sp³-hybridized carbons (Fsp3) is 0.478. The van der Waals surface area contributed by atoms with Gasteiger partial charge in [0.15, 0.2) is 5.65 Å². The molecule has 0 N–H and O–H groups in total. The molecule has 0 saturated heterocycles. The van der Waals surface area contributed by atoms with E-state index in [-0.39, 0.29) is 12.7 Å². The SMILES string of the molecule is CCn1ncc2c(-c3cncc(C)c3)c(C(=O)OC(C)(C)C)c(COC(C)C)nc21. The topological polar surface area (TPSA) is 79.1 Å². The summed E-state index contributed by atoms with van der Waals surface area (Å²) in [6, 6.07) is 2.01. The van der Waals surface area contributed by atoms with Gasteiger partial charge in [0.2, 0.25) is 0 Å². The summed E-state index contributed by atoms with van der Waals surface area (Å²) in [5.74, 6) is -0.431. The molecule has 0 unspecified atom stereocenters. The summed E-state index contributed by atoms with van der Waals surface area (Å²) in [7, 11) is 0. The van der Waals surface area contributed by atoms with Gasteiger partial charge < -0.3 is 9.47 Å². The molecule has 3 heterocycles. The first kappa shape index (κ1) is 21.9. The molecule has 0 aromatic carbocycles. The number of carbonyl (C=O) groups excluding carboxylic acids is 1. The lowest BCUT2D eigenvalue weighted by Gasteiger charge is -2.22. The van der Waals surface area contributed by atoms with Gasteiger partial charge in [0.05, 0.1) is 30.2 Å². The number of aryl methyl sites for hydroxylation is 2. The molecular weight excluding hydrogens is 380 g/mol. The lowest BCUT2D eigenvalue weighted by atomic mass is 9.96. The van der Waals surface area contributed by atoms with E-state index in [1.54, 1.807) is 18.6 Å². The first-order valence-corrected chi connectivity index (χ1v) is 10.3. The van der Waals surface area contributed by atoms with Crippen LogP contribution in [0.5, 0.6) is 0 Å². The van der Waals surface area contributed by atoms with Crippen LogP contribution in [0, 0.1) is 6.92 Å². The molecular formula is C23H30N4O3. The first-order valence-electron chi connectivity index (χ1n) is 10.3. The molecule has 0 radical (unpaired) electrons. The number of hydrogen-bond acceptors (Lipinski definition) is 6. The van der Waals surface area contributed by atoms with E-state index in [1.165, 1.54) is 0 Å². The average Bonchev–Trinajstić information content (AvgIpc) is 3.06. The molecule has 0 aliphatic rings. The van der Waals surface area contributed by atoms with E-state index in [2.05, 4.69) is 10.1 Å². The van der Waals surface area contributed by atoms with Crippen molar-refractivity contribution in [3.05, 3.63) is 41.5 Å². The summed E-state index contributed by atoms with van der Waals surface area (Å²) >= 11 is 0. The van der Waals surface area contributed by atoms with Crippen LogP contribution in [-0.2, 0) is 22.6 Å². The number of nitrogens with zero attached hydrogens (tertiary/aromatic N) is 4. The van der Waals surface area contributed by atoms with E-state index in [1.807, 2.05) is 59.2 Å². The summed E-state index contributed by atoms with van der Waals surface area (Å²) in [5, 5.41) is 5.26. The van der Waals surface area contributed by atoms with Crippen LogP contribution >= 0.6 is 0 Å². The van der Waals surface area contributed by atoms with Crippen molar-refractivity contribution in [2.24, 2.45) is 0 Å². The van der Waals surface area contributed by atoms with E-state index >= 15 is 0 Å². The lowest BCUT2D eigenvalue weighted by Crippen LogP contribution is -2.26. The fourth-order valence-corrected chi connectivity index (χ4v) is 3.26. The summed E-state index contributed by atoms with van der Waals surface area (Å²) < 4.78 is 13.4. The Hall–Kier alpha value is -2.80. The highest BCUT2D eigenvalue weighted by molar-refractivity contribution is 6.07. The quantitative estimate of drug-likeness (QED) is 0.548. The molecule has 3 rings (SSSR count). The van der Waals surface area contributed by atoms with Gasteiger partial charge in [0.1, 0.15) is 5.60 Å². The minimum absolute atomic E-state index is 0.00541. The zero-order valence-electron chi connectivity index (χ0n) is 18.8. The normalized spacial score (nSPS) is 12.0. The van der Waals surface area contributed by atoms with Crippen LogP contribution in [0.4, 0.5) is 0 Å². The Balaban J connectivity index is 2.35. The number of ether oxygens (including phenoxy) is 2. The molecule has 0 fully saturated rings. The predicted molar refractivity (Wildman–Crippen MR) is 116 cm³/mol. The van der Waals surface area contributed by atoms with Crippen molar-refractivity contribution in [3.8, 4) is 11.1 Å². The van der Waals surface area contributed by atoms with E-state index in [0.29, 0.717) is 23.4 Å². The third kappa shape index (κ3) is 4.67. The third-order valence-electron chi connectivity index (χ3n) is 4.48. The van der Waals surface area contributed by atoms with Gasteiger partial charge in [-0.25, -0.2) is 14.5 Å². The number of pyridine rings is 2. The molecule has 0 atom stereocenters. The van der Waals surface area contributed by atoms with Crippen molar-refractivity contribution in [1.82, 2.24) is 19.7 Å². The number of hydrogen-bond donors (Lipinski definition) is 0. The molecule has 3 aromatic heterocycles. The van der Waals surface area contributed by atoms with Crippen molar-refractivity contribution in [3.63, 3.8) is 0 Å². The fourth-order valence-electron chi connectivity index (χ4n) is 3.26. The Kier molecular flexibility index (Phi) is 6.22. The van der Waals surface area contributed by atoms with Crippen molar-refractivity contribution >= 4 is 17.0 Å². The van der Waals surface area contributed by atoms with Crippen LogP contribution in [-0.4, -0.2) is 37.4 Å². The molecule has 0 amide bonds. The maximum atomic E-state index is 13.4. The van der Waals surface area contributed by atoms with E-state index in [9.17, 15) is 4.79 Å². The van der Waals surface area contributed by atoms with Gasteiger partial charge in [-0.3, -0.25) is 4.98 Å². The largest absolute Gasteiger partial charge is 0.456 e. The van der Waals surface area contributed by atoms with Gasteiger partial charge >= 0.3 is 5.97 Å². The zero-order valence-corrected chi connectivity index (χ0v) is 18.8. The van der Waals surface area contributed by atoms with E-state index in [4.69, 9.17) is 14.5 Å². The molecule has 0 saturated carbocycles. The van der Waals surface area contributed by atoms with Crippen LogP contribution in [0.15, 0.2) is 24.7 Å². The molecule has 30 heavy (non-hydrogen) atoms. The Morgan fingerprint density at radius 2 is 1.93 bits per heavy atom. The highest BCUT2D eigenvalue weighted by Gasteiger charge is 2.28. The maximum Gasteiger partial charge on any atom is 0.341 e. The Labute approximate surface area is 177 Å². The minimum Gasteiger partial charge on any atom is -0.456 e. The van der Waals surface area contributed by atoms with Crippen molar-refractivity contribution in [2.75, 3.05) is 0 Å². The predicted octanol–water partition coefficient (Wildman–Crippen LogP) is 4.70. The lowest BCUT2D eigenvalue weighted by molar-refractivity contribution is 0.00607. The molecule has 0 spiro atoms. The van der Waals surface area contributed by atoms with Crippen LogP contribution < -0.4 is 0 Å². The highest BCUT2D eigenvalue weighted by Crippen LogP contribution is 2.35. The number of fused-ring (bicyclic) bond motifs is 1. The van der Waals surface area contributed by atoms with Crippen LogP contribution in [0.25, 0.3) is 22.2 Å². The van der Waals surface area contributed by atoms with E-state index < -0.39 is 11.6 Å². The summed E-state index contributed by atoms with van der Waals surface area (Å²) in [6.45, 7) is 14.3. The average molecular weight is 411 g/mol. The molecule has 7 nitrogen and oxygen atoms in total. The molecule has 0 aliphatic heterocycles. The Morgan fingerprint density at radius 3 is 2.53 bits per heavy atom. The molecule has 7 heteroatoms. The first-order chi connectivity index (χ1) is 14.1. The zero-order chi connectivity index (χ0) is 22.1. The smallest absolute Gasteiger partial charge is 0.341 e. The summed E-state index contributed by atoms with van der Waals surface area (Å²) in [5.41, 5.74) is 3.56. The van der Waals surface area contributed by atoms with Crippen molar-refractivity contribution < 1.29 is 14.3 Å². The highest BCUT2D eigenvalue weighted by atomic mass is 16.6. The number of esters is 1. The second-order valence-corrected chi connectivity index (χ2v) is 8.62. The number of rotatable bonds is 6. The molecule has 0 bridgehead atoms. The molecule has 160 valence electrons. The second-order valence-electron chi connectivity index (χ2n) is 8.62. The van der Waals surface area contributed by atoms with Gasteiger partial charge in [-0.05, 0) is 60.1 Å². The van der Waals surface area contributed by atoms with Crippen molar-refractivity contribution in [1.29, 1.82) is 0 Å². The summed E-state index contributed by atoms with van der Waals surface area (Å²) in [4.78, 5) is 22.5. The van der Waals surface area contributed by atoms with Gasteiger partial charge in [0, 0.05) is 35.5 Å². The molecule has 0 aliphatic carbocycles. The Morgan fingerprint density at radius 1 is 1.20 bits per heavy atom. The van der Waals surface area contributed by atoms with E-state index in [0.717, 1.165) is 22.1 Å². The minimum atomic E-state index is -0.641. The van der Waals surface area contributed by atoms with Gasteiger partial charge in [-0.1, -0.05) is 0 Å². The summed E-state index contributed by atoms with van der Waals surface area (Å²) in [6.07, 6.45) is 5.29. The maximum absolute atomic E-state index is 13.4. The second kappa shape index (κ2) is 8.52. The van der Waals surface area contributed by atoms with Gasteiger partial charge in [0.25, 0.3) is 0 Å². The number of carbonyl (C=O) groups is 1. The third-order valence-corrected chi connectivity index (χ3v) is 4.48. The van der Waals surface area contributed by atoms with Gasteiger partial charge in [-0.2, -0.15) is 5.10 Å². The van der Waals surface area contributed by atoms with Crippen LogP contribution in [0.3, 0.4) is 0 Å². The van der Waals surface area contributed by atoms with Crippen molar-refractivity contribution in [2.45, 2.75) is 73.3 Å². The van der Waals surface area contributed by atoms with Crippen LogP contribution in [0.2, 0.25) is 0 Å². The molecule has 3 aromatic rings.